The Hall–Kier alpha value is -3.16. The first-order valence-corrected chi connectivity index (χ1v) is 13.9. The van der Waals surface area contributed by atoms with Crippen LogP contribution in [0.25, 0.3) is 0 Å². The van der Waals surface area contributed by atoms with Gasteiger partial charge in [0.05, 0.1) is 23.1 Å². The van der Waals surface area contributed by atoms with E-state index in [-0.39, 0.29) is 24.1 Å². The van der Waals surface area contributed by atoms with Crippen LogP contribution in [0, 0.1) is 23.7 Å². The Balaban J connectivity index is 1.64. The van der Waals surface area contributed by atoms with E-state index in [4.69, 9.17) is 5.73 Å². The Morgan fingerprint density at radius 2 is 1.74 bits per heavy atom. The Morgan fingerprint density at radius 1 is 1.12 bits per heavy atom. The molecule has 4 aliphatic rings. The van der Waals surface area contributed by atoms with Crippen molar-refractivity contribution in [3.8, 4) is 5.75 Å². The largest absolute Gasteiger partial charge is 0.507 e. The first-order chi connectivity index (χ1) is 19.4. The molecule has 1 amide bonds. The van der Waals surface area contributed by atoms with E-state index in [9.17, 15) is 47.4 Å². The van der Waals surface area contributed by atoms with Crippen LogP contribution in [-0.4, -0.2) is 87.4 Å². The summed E-state index contributed by atoms with van der Waals surface area (Å²) in [7, 11) is 4.56. The molecule has 5 rings (SSSR count). The molecule has 3 fully saturated rings. The van der Waals surface area contributed by atoms with Gasteiger partial charge in [0.25, 0.3) is 0 Å². The van der Waals surface area contributed by atoms with E-state index in [0.717, 1.165) is 25.3 Å². The van der Waals surface area contributed by atoms with Gasteiger partial charge in [-0.05, 0) is 83.3 Å². The molecule has 0 aromatic heterocycles. The maximum atomic E-state index is 14.7. The topological polar surface area (TPSA) is 158 Å². The fourth-order valence-electron chi connectivity index (χ4n) is 7.74. The second-order valence-electron chi connectivity index (χ2n) is 12.8. The molecule has 42 heavy (non-hydrogen) atoms. The average Bonchev–Trinajstić information content (AvgIpc) is 2.83. The van der Waals surface area contributed by atoms with Gasteiger partial charge in [-0.15, -0.1) is 0 Å². The predicted molar refractivity (Wildman–Crippen MR) is 140 cm³/mol. The molecule has 0 spiro atoms. The molecule has 6 atom stereocenters. The number of aromatic hydroxyl groups is 1. The number of aliphatic hydroxyl groups is 1. The number of likely N-dealkylation sites (N-methyl/N-ethyl adjacent to an activating group) is 1. The molecular weight excluding hydrogens is 559 g/mol. The average molecular weight is 594 g/mol. The highest BCUT2D eigenvalue weighted by atomic mass is 19.4. The third-order valence-corrected chi connectivity index (χ3v) is 10.2. The van der Waals surface area contributed by atoms with Crippen LogP contribution in [0.5, 0.6) is 5.75 Å². The molecule has 228 valence electrons. The number of Topliss-reactive ketones (excluding diaryl/α,β-unsaturated/α-hetero) is 4. The summed E-state index contributed by atoms with van der Waals surface area (Å²) in [5.74, 6) is -13.3. The van der Waals surface area contributed by atoms with Gasteiger partial charge < -0.3 is 15.9 Å². The Bertz CT molecular complexity index is 1420. The van der Waals surface area contributed by atoms with Gasteiger partial charge in [0, 0.05) is 18.0 Å². The number of ketones is 4. The molecular formula is C29H34F3N3O7. The van der Waals surface area contributed by atoms with Crippen LogP contribution in [0.3, 0.4) is 0 Å². The lowest BCUT2D eigenvalue weighted by molar-refractivity contribution is -0.181. The summed E-state index contributed by atoms with van der Waals surface area (Å²) in [6.07, 6.45) is -3.14. The lowest BCUT2D eigenvalue weighted by atomic mass is 9.52. The number of carbonyl (C=O) groups excluding carboxylic acids is 5. The summed E-state index contributed by atoms with van der Waals surface area (Å²) in [5.41, 5.74) is -0.341. The molecule has 0 heterocycles. The SMILES string of the molecule is CN(C)[C@@H]1C(=O)C(C(N)=O)C(=O)[C@@]2(O)C(=O)C3C(=O)c4c(O)cc(CN(C)C5(C)CCC5)c(C(F)(F)F)c4C[C@H]3C[C@@H]12. The molecule has 0 radical (unpaired) electrons. The van der Waals surface area contributed by atoms with Gasteiger partial charge >= 0.3 is 6.18 Å². The third kappa shape index (κ3) is 4.15. The molecule has 0 aliphatic heterocycles. The van der Waals surface area contributed by atoms with Crippen molar-refractivity contribution < 1.29 is 47.4 Å². The molecule has 0 saturated heterocycles. The number of benzene rings is 1. The molecule has 3 saturated carbocycles. The van der Waals surface area contributed by atoms with E-state index in [1.165, 1.54) is 19.0 Å². The summed E-state index contributed by atoms with van der Waals surface area (Å²) in [4.78, 5) is 69.3. The lowest BCUT2D eigenvalue weighted by Gasteiger charge is -2.52. The predicted octanol–water partition coefficient (Wildman–Crippen LogP) is 1.26. The molecule has 10 nitrogen and oxygen atoms in total. The maximum Gasteiger partial charge on any atom is 0.417 e. The zero-order valence-electron chi connectivity index (χ0n) is 23.7. The van der Waals surface area contributed by atoms with E-state index >= 15 is 0 Å². The van der Waals surface area contributed by atoms with Gasteiger partial charge in [-0.3, -0.25) is 33.8 Å². The number of rotatable bonds is 5. The number of halogens is 3. The number of phenolic OH excluding ortho intramolecular Hbond substituents is 1. The van der Waals surface area contributed by atoms with Gasteiger partial charge in [0.2, 0.25) is 5.91 Å². The molecule has 2 unspecified atom stereocenters. The summed E-state index contributed by atoms with van der Waals surface area (Å²) < 4.78 is 44.1. The summed E-state index contributed by atoms with van der Waals surface area (Å²) >= 11 is 0. The smallest absolute Gasteiger partial charge is 0.417 e. The lowest BCUT2D eigenvalue weighted by Crippen LogP contribution is -2.74. The number of hydrogen-bond donors (Lipinski definition) is 3. The highest BCUT2D eigenvalue weighted by Gasteiger charge is 2.69. The van der Waals surface area contributed by atoms with Gasteiger partial charge in [-0.1, -0.05) is 0 Å². The van der Waals surface area contributed by atoms with E-state index in [0.29, 0.717) is 0 Å². The Kier molecular flexibility index (Phi) is 6.98. The number of hydrogen-bond acceptors (Lipinski definition) is 9. The number of carbonyl (C=O) groups is 5. The Labute approximate surface area is 240 Å². The van der Waals surface area contributed by atoms with Crippen molar-refractivity contribution in [1.82, 2.24) is 9.80 Å². The van der Waals surface area contributed by atoms with Crippen molar-refractivity contribution in [2.24, 2.45) is 29.4 Å². The molecule has 1 aromatic rings. The molecule has 4 N–H and O–H groups in total. The minimum atomic E-state index is -4.90. The standard InChI is InChI=1S/C29H34F3N3O7/c1-27(6-5-7-27)35(4)11-13-10-16(36)18-14(20(13)29(30,31)32)8-12-9-15-21(34(2)3)23(38)19(26(33)41)25(40)28(15,42)24(39)17(12)22(18)37/h10,12,15,17,19,21,36,42H,5-9,11H2,1-4H3,(H2,33,41)/t12-,15-,17?,19?,21-,28-/m0/s1. The number of fused-ring (bicyclic) bond motifs is 3. The number of primary amides is 1. The normalized spacial score (nSPS) is 32.4. The van der Waals surface area contributed by atoms with Crippen molar-refractivity contribution in [3.63, 3.8) is 0 Å². The summed E-state index contributed by atoms with van der Waals surface area (Å²) in [6, 6.07) is -0.441. The van der Waals surface area contributed by atoms with E-state index in [1.807, 2.05) is 6.92 Å². The summed E-state index contributed by atoms with van der Waals surface area (Å²) in [5, 5.41) is 22.5. The number of alkyl halides is 3. The van der Waals surface area contributed by atoms with E-state index in [1.54, 1.807) is 11.9 Å². The van der Waals surface area contributed by atoms with Crippen molar-refractivity contribution in [2.45, 2.75) is 68.9 Å². The van der Waals surface area contributed by atoms with E-state index in [2.05, 4.69) is 0 Å². The van der Waals surface area contributed by atoms with E-state index < -0.39 is 99.4 Å². The van der Waals surface area contributed by atoms with Crippen molar-refractivity contribution in [2.75, 3.05) is 21.1 Å². The zero-order chi connectivity index (χ0) is 31.3. The molecule has 13 heteroatoms. The highest BCUT2D eigenvalue weighted by Crippen LogP contribution is 2.53. The van der Waals surface area contributed by atoms with Gasteiger partial charge in [0.15, 0.2) is 34.7 Å². The number of nitrogens with zero attached hydrogens (tertiary/aromatic N) is 2. The first-order valence-electron chi connectivity index (χ1n) is 13.9. The van der Waals surface area contributed by atoms with Crippen LogP contribution < -0.4 is 5.73 Å². The maximum absolute atomic E-state index is 14.7. The second kappa shape index (κ2) is 9.68. The van der Waals surface area contributed by atoms with Crippen molar-refractivity contribution >= 4 is 29.0 Å². The van der Waals surface area contributed by atoms with Crippen LogP contribution in [0.2, 0.25) is 0 Å². The number of amides is 1. The minimum Gasteiger partial charge on any atom is -0.507 e. The zero-order valence-corrected chi connectivity index (χ0v) is 23.7. The van der Waals surface area contributed by atoms with Crippen LogP contribution in [-0.2, 0) is 38.3 Å². The molecule has 4 aliphatic carbocycles. The fourth-order valence-corrected chi connectivity index (χ4v) is 7.74. The first kappa shape index (κ1) is 30.3. The summed E-state index contributed by atoms with van der Waals surface area (Å²) in [6.45, 7) is 1.80. The van der Waals surface area contributed by atoms with Gasteiger partial charge in [0.1, 0.15) is 5.75 Å². The monoisotopic (exact) mass is 593 g/mol. The van der Waals surface area contributed by atoms with Crippen LogP contribution >= 0.6 is 0 Å². The third-order valence-electron chi connectivity index (χ3n) is 10.2. The second-order valence-corrected chi connectivity index (χ2v) is 12.8. The van der Waals surface area contributed by atoms with Crippen LogP contribution in [0.4, 0.5) is 13.2 Å². The minimum absolute atomic E-state index is 0.143. The Morgan fingerprint density at radius 3 is 2.24 bits per heavy atom. The van der Waals surface area contributed by atoms with Crippen molar-refractivity contribution in [3.05, 3.63) is 28.3 Å². The van der Waals surface area contributed by atoms with Crippen molar-refractivity contribution in [1.29, 1.82) is 0 Å². The van der Waals surface area contributed by atoms with Crippen LogP contribution in [0.15, 0.2) is 6.07 Å². The fraction of sp³-hybridized carbons (Fsp3) is 0.621. The quantitative estimate of drug-likeness (QED) is 0.428. The van der Waals surface area contributed by atoms with Gasteiger partial charge in [-0.25, -0.2) is 0 Å². The highest BCUT2D eigenvalue weighted by molar-refractivity contribution is 6.32. The number of nitrogens with two attached hydrogens (primary N) is 1. The molecule has 0 bridgehead atoms. The van der Waals surface area contributed by atoms with Gasteiger partial charge in [-0.2, -0.15) is 13.2 Å². The number of phenols is 1. The molecule has 1 aromatic carbocycles. The van der Waals surface area contributed by atoms with Crippen LogP contribution in [0.1, 0.15) is 59.7 Å².